The lowest BCUT2D eigenvalue weighted by atomic mass is 9.73. The van der Waals surface area contributed by atoms with E-state index in [1.54, 1.807) is 7.11 Å². The summed E-state index contributed by atoms with van der Waals surface area (Å²) < 4.78 is 5.51. The summed E-state index contributed by atoms with van der Waals surface area (Å²) >= 11 is 0. The number of ketones is 1. The van der Waals surface area contributed by atoms with Crippen molar-refractivity contribution in [2.45, 2.75) is 43.9 Å². The van der Waals surface area contributed by atoms with Crippen LogP contribution in [0.15, 0.2) is 18.2 Å². The van der Waals surface area contributed by atoms with Crippen LogP contribution < -0.4 is 4.74 Å². The summed E-state index contributed by atoms with van der Waals surface area (Å²) in [5.41, 5.74) is 3.80. The number of methoxy groups -OCH3 is 1. The molecule has 1 saturated heterocycles. The molecule has 0 aromatic heterocycles. The molecule has 4 aliphatic carbocycles. The van der Waals surface area contributed by atoms with Gasteiger partial charge in [-0.05, 0) is 54.9 Å². The van der Waals surface area contributed by atoms with Crippen molar-refractivity contribution in [3.63, 3.8) is 0 Å². The summed E-state index contributed by atoms with van der Waals surface area (Å²) in [6, 6.07) is 6.62. The van der Waals surface area contributed by atoms with E-state index in [1.165, 1.54) is 50.0 Å². The van der Waals surface area contributed by atoms with E-state index in [9.17, 15) is 4.79 Å². The summed E-state index contributed by atoms with van der Waals surface area (Å²) in [6.45, 7) is 3.74. The Balaban J connectivity index is 1.46. The van der Waals surface area contributed by atoms with Crippen LogP contribution in [0, 0.1) is 16.7 Å². The molecule has 3 saturated carbocycles. The van der Waals surface area contributed by atoms with Crippen molar-refractivity contribution in [3.05, 3.63) is 29.3 Å². The third-order valence-electron chi connectivity index (χ3n) is 8.25. The van der Waals surface area contributed by atoms with E-state index in [2.05, 4.69) is 23.1 Å². The second kappa shape index (κ2) is 4.07. The standard InChI is InChI=1S/C21H25NO2/c1-24-17-5-4-15-9-20-13-22(11-14-2-3-14)12-19(20)7-6-16(23)10-21(19,20)18(15)8-17/h4-5,8,14H,2-3,6-7,9-13H2,1H3. The van der Waals surface area contributed by atoms with E-state index in [0.29, 0.717) is 16.6 Å². The quantitative estimate of drug-likeness (QED) is 0.856. The van der Waals surface area contributed by atoms with E-state index >= 15 is 0 Å². The molecule has 1 heterocycles. The average molecular weight is 323 g/mol. The lowest BCUT2D eigenvalue weighted by Gasteiger charge is -2.34. The molecule has 0 radical (unpaired) electrons. The Morgan fingerprint density at radius 3 is 2.83 bits per heavy atom. The number of piperidine rings is 1. The Morgan fingerprint density at radius 2 is 2.04 bits per heavy atom. The predicted octanol–water partition coefficient (Wildman–Crippen LogP) is 2.95. The zero-order chi connectivity index (χ0) is 16.2. The molecule has 0 amide bonds. The van der Waals surface area contributed by atoms with Crippen LogP contribution in [-0.2, 0) is 16.6 Å². The van der Waals surface area contributed by atoms with Gasteiger partial charge in [-0.15, -0.1) is 0 Å². The number of benzene rings is 1. The number of Topliss-reactive ketones (excluding diaryl/α,β-unsaturated/α-hetero) is 1. The van der Waals surface area contributed by atoms with Crippen molar-refractivity contribution in [2.75, 3.05) is 26.7 Å². The summed E-state index contributed by atoms with van der Waals surface area (Å²) in [4.78, 5) is 15.2. The van der Waals surface area contributed by atoms with Crippen molar-refractivity contribution in [1.29, 1.82) is 0 Å². The molecule has 0 N–H and O–H groups in total. The monoisotopic (exact) mass is 323 g/mol. The van der Waals surface area contributed by atoms with E-state index in [0.717, 1.165) is 30.9 Å². The van der Waals surface area contributed by atoms with Crippen molar-refractivity contribution in [2.24, 2.45) is 16.7 Å². The summed E-state index contributed by atoms with van der Waals surface area (Å²) in [5.74, 6) is 2.39. The van der Waals surface area contributed by atoms with Gasteiger partial charge in [-0.25, -0.2) is 0 Å². The van der Waals surface area contributed by atoms with E-state index in [1.807, 2.05) is 0 Å². The highest BCUT2D eigenvalue weighted by Gasteiger charge is 2.91. The third kappa shape index (κ3) is 1.32. The number of rotatable bonds is 3. The molecule has 24 heavy (non-hydrogen) atoms. The van der Waals surface area contributed by atoms with Gasteiger partial charge in [-0.2, -0.15) is 0 Å². The number of nitrogens with zero attached hydrogens (tertiary/aromatic N) is 1. The van der Waals surface area contributed by atoms with Gasteiger partial charge in [0.1, 0.15) is 11.5 Å². The summed E-state index contributed by atoms with van der Waals surface area (Å²) in [5, 5.41) is 0. The fourth-order valence-corrected chi connectivity index (χ4v) is 7.27. The first kappa shape index (κ1) is 13.9. The maximum atomic E-state index is 12.5. The van der Waals surface area contributed by atoms with Crippen LogP contribution in [0.3, 0.4) is 0 Å². The van der Waals surface area contributed by atoms with Gasteiger partial charge in [-0.1, -0.05) is 6.07 Å². The lowest BCUT2D eigenvalue weighted by molar-refractivity contribution is -0.121. The van der Waals surface area contributed by atoms with Crippen LogP contribution in [0.25, 0.3) is 0 Å². The number of likely N-dealkylation sites (tertiary alicyclic amines) is 1. The molecule has 3 nitrogen and oxygen atoms in total. The molecule has 1 aliphatic heterocycles. The fraction of sp³-hybridized carbons (Fsp3) is 0.667. The highest BCUT2D eigenvalue weighted by Crippen LogP contribution is 2.89. The second-order valence-corrected chi connectivity index (χ2v) is 9.10. The number of ether oxygens (including phenoxy) is 1. The highest BCUT2D eigenvalue weighted by molar-refractivity contribution is 5.85. The minimum Gasteiger partial charge on any atom is -0.497 e. The van der Waals surface area contributed by atoms with Crippen molar-refractivity contribution in [1.82, 2.24) is 4.90 Å². The molecule has 3 spiro atoms. The number of carbonyl (C=O) groups excluding carboxylic acids is 1. The van der Waals surface area contributed by atoms with Gasteiger partial charge in [-0.3, -0.25) is 4.79 Å². The smallest absolute Gasteiger partial charge is 0.133 e. The highest BCUT2D eigenvalue weighted by atomic mass is 16.5. The van der Waals surface area contributed by atoms with E-state index in [4.69, 9.17) is 4.74 Å². The van der Waals surface area contributed by atoms with Crippen molar-refractivity contribution >= 4 is 5.78 Å². The molecule has 0 bridgehead atoms. The maximum Gasteiger partial charge on any atom is 0.133 e. The van der Waals surface area contributed by atoms with Crippen LogP contribution in [0.5, 0.6) is 5.75 Å². The van der Waals surface area contributed by atoms with Gasteiger partial charge in [0, 0.05) is 48.7 Å². The Morgan fingerprint density at radius 1 is 1.21 bits per heavy atom. The van der Waals surface area contributed by atoms with Gasteiger partial charge in [0.25, 0.3) is 0 Å². The van der Waals surface area contributed by atoms with Gasteiger partial charge >= 0.3 is 0 Å². The Hall–Kier alpha value is -1.35. The van der Waals surface area contributed by atoms with Gasteiger partial charge in [0.05, 0.1) is 7.11 Å². The van der Waals surface area contributed by atoms with Crippen LogP contribution in [-0.4, -0.2) is 37.4 Å². The molecular weight excluding hydrogens is 298 g/mol. The number of carbonyl (C=O) groups is 1. The van der Waals surface area contributed by atoms with Crippen LogP contribution in [0.1, 0.15) is 43.2 Å². The number of hydrogen-bond donors (Lipinski definition) is 0. The molecule has 4 fully saturated rings. The molecule has 3 heteroatoms. The molecule has 3 atom stereocenters. The van der Waals surface area contributed by atoms with Gasteiger partial charge < -0.3 is 9.64 Å². The Labute approximate surface area is 143 Å². The normalized spacial score (nSPS) is 42.3. The second-order valence-electron chi connectivity index (χ2n) is 9.10. The minimum absolute atomic E-state index is 0.138. The summed E-state index contributed by atoms with van der Waals surface area (Å²) in [7, 11) is 1.75. The molecule has 5 aliphatic rings. The maximum absolute atomic E-state index is 12.5. The third-order valence-corrected chi connectivity index (χ3v) is 8.25. The fourth-order valence-electron chi connectivity index (χ4n) is 7.27. The zero-order valence-corrected chi connectivity index (χ0v) is 14.4. The Bertz CT molecular complexity index is 769. The van der Waals surface area contributed by atoms with Gasteiger partial charge in [0.2, 0.25) is 0 Å². The van der Waals surface area contributed by atoms with Crippen molar-refractivity contribution < 1.29 is 9.53 Å². The largest absolute Gasteiger partial charge is 0.497 e. The lowest BCUT2D eigenvalue weighted by Crippen LogP contribution is -2.39. The van der Waals surface area contributed by atoms with E-state index in [-0.39, 0.29) is 5.41 Å². The van der Waals surface area contributed by atoms with Crippen LogP contribution in [0.4, 0.5) is 0 Å². The molecule has 6 rings (SSSR count). The summed E-state index contributed by atoms with van der Waals surface area (Å²) in [6.07, 6.45) is 6.74. The topological polar surface area (TPSA) is 29.5 Å². The SMILES string of the molecule is COc1ccc2c(c1)C13CC(=O)CCC14CN(CC1CC1)CC43C2. The molecule has 126 valence electrons. The molecule has 3 unspecified atom stereocenters. The first-order chi connectivity index (χ1) is 11.6. The average Bonchev–Trinajstić information content (AvgIpc) is 3.40. The van der Waals surface area contributed by atoms with Crippen molar-refractivity contribution in [3.8, 4) is 5.75 Å². The molecule has 1 aromatic rings. The predicted molar refractivity (Wildman–Crippen MR) is 91.3 cm³/mol. The van der Waals surface area contributed by atoms with Crippen LogP contribution >= 0.6 is 0 Å². The molecular formula is C21H25NO2. The van der Waals surface area contributed by atoms with E-state index < -0.39 is 0 Å². The zero-order valence-electron chi connectivity index (χ0n) is 14.4. The number of fused-ring (bicyclic) bond motifs is 1. The molecule has 1 aromatic carbocycles. The van der Waals surface area contributed by atoms with Crippen LogP contribution in [0.2, 0.25) is 0 Å². The minimum atomic E-state index is 0.138. The Kier molecular flexibility index (Phi) is 2.35. The first-order valence-corrected chi connectivity index (χ1v) is 9.56. The first-order valence-electron chi connectivity index (χ1n) is 9.56. The van der Waals surface area contributed by atoms with Gasteiger partial charge in [0.15, 0.2) is 0 Å². The number of hydrogen-bond acceptors (Lipinski definition) is 3.